The number of benzene rings is 2. The molecule has 84 valence electrons. The fourth-order valence-electron chi connectivity index (χ4n) is 1.70. The summed E-state index contributed by atoms with van der Waals surface area (Å²) in [6.07, 6.45) is 5.21. The third kappa shape index (κ3) is 2.68. The summed E-state index contributed by atoms with van der Waals surface area (Å²) in [6, 6.07) is 17.6. The van der Waals surface area contributed by atoms with Gasteiger partial charge < -0.3 is 4.74 Å². The van der Waals surface area contributed by atoms with Gasteiger partial charge in [0.2, 0.25) is 0 Å². The van der Waals surface area contributed by atoms with Gasteiger partial charge in [-0.1, -0.05) is 48.4 Å². The Morgan fingerprint density at radius 1 is 1.00 bits per heavy atom. The summed E-state index contributed by atoms with van der Waals surface area (Å²) in [4.78, 5) is 0. The van der Waals surface area contributed by atoms with Crippen molar-refractivity contribution in [3.05, 3.63) is 65.7 Å². The van der Waals surface area contributed by atoms with Gasteiger partial charge in [0.15, 0.2) is 6.10 Å². The molecule has 0 unspecified atom stereocenters. The van der Waals surface area contributed by atoms with Gasteiger partial charge in [0, 0.05) is 5.56 Å². The summed E-state index contributed by atoms with van der Waals surface area (Å²) >= 11 is 0. The van der Waals surface area contributed by atoms with Crippen LogP contribution in [0.1, 0.15) is 17.2 Å². The molecule has 0 aliphatic heterocycles. The predicted octanol–water partition coefficient (Wildman–Crippen LogP) is 3.75. The van der Waals surface area contributed by atoms with Crippen molar-refractivity contribution in [3.8, 4) is 18.1 Å². The molecule has 17 heavy (non-hydrogen) atoms. The minimum Gasteiger partial charge on any atom is -0.473 e. The number of para-hydroxylation sites is 1. The van der Waals surface area contributed by atoms with Gasteiger partial charge in [0.25, 0.3) is 0 Å². The second-order valence-corrected chi connectivity index (χ2v) is 3.83. The summed E-state index contributed by atoms with van der Waals surface area (Å²) in [6.45, 7) is 2.04. The number of terminal acetylenes is 1. The molecule has 0 spiro atoms. The van der Waals surface area contributed by atoms with E-state index < -0.39 is 0 Å². The number of aryl methyl sites for hydroxylation is 1. The molecule has 0 radical (unpaired) electrons. The van der Waals surface area contributed by atoms with Crippen LogP contribution < -0.4 is 4.74 Å². The zero-order chi connectivity index (χ0) is 12.1. The first-order chi connectivity index (χ1) is 8.31. The Bertz CT molecular complexity index is 523. The smallest absolute Gasteiger partial charge is 0.184 e. The van der Waals surface area contributed by atoms with Crippen LogP contribution in [0.25, 0.3) is 0 Å². The zero-order valence-electron chi connectivity index (χ0n) is 9.76. The Labute approximate surface area is 102 Å². The molecule has 1 nitrogen and oxygen atoms in total. The van der Waals surface area contributed by atoms with E-state index in [-0.39, 0.29) is 6.10 Å². The van der Waals surface area contributed by atoms with Crippen LogP contribution in [-0.2, 0) is 0 Å². The van der Waals surface area contributed by atoms with Crippen molar-refractivity contribution in [1.29, 1.82) is 0 Å². The SMILES string of the molecule is C#C[C@@H](Oc1ccccc1)c1ccccc1C. The topological polar surface area (TPSA) is 9.23 Å². The molecule has 0 saturated carbocycles. The van der Waals surface area contributed by atoms with E-state index in [4.69, 9.17) is 11.2 Å². The van der Waals surface area contributed by atoms with Crippen molar-refractivity contribution >= 4 is 0 Å². The van der Waals surface area contributed by atoms with Gasteiger partial charge in [-0.2, -0.15) is 0 Å². The predicted molar refractivity (Wildman–Crippen MR) is 69.8 cm³/mol. The van der Waals surface area contributed by atoms with Gasteiger partial charge in [-0.25, -0.2) is 0 Å². The summed E-state index contributed by atoms with van der Waals surface area (Å²) < 4.78 is 5.79. The summed E-state index contributed by atoms with van der Waals surface area (Å²) in [5, 5.41) is 0. The molecule has 2 aromatic carbocycles. The van der Waals surface area contributed by atoms with E-state index in [0.29, 0.717) is 0 Å². The number of rotatable bonds is 3. The fourth-order valence-corrected chi connectivity index (χ4v) is 1.70. The average molecular weight is 222 g/mol. The molecule has 2 aromatic rings. The average Bonchev–Trinajstić information content (AvgIpc) is 2.38. The largest absolute Gasteiger partial charge is 0.473 e. The highest BCUT2D eigenvalue weighted by atomic mass is 16.5. The van der Waals surface area contributed by atoms with Gasteiger partial charge in [-0.05, 0) is 24.6 Å². The lowest BCUT2D eigenvalue weighted by Gasteiger charge is -2.16. The highest BCUT2D eigenvalue weighted by Crippen LogP contribution is 2.23. The van der Waals surface area contributed by atoms with E-state index in [1.165, 1.54) is 0 Å². The van der Waals surface area contributed by atoms with Crippen LogP contribution in [0.5, 0.6) is 5.75 Å². The van der Waals surface area contributed by atoms with E-state index >= 15 is 0 Å². The second kappa shape index (κ2) is 5.23. The van der Waals surface area contributed by atoms with Crippen molar-refractivity contribution < 1.29 is 4.74 Å². The molecule has 0 aliphatic carbocycles. The summed E-state index contributed by atoms with van der Waals surface area (Å²) in [7, 11) is 0. The summed E-state index contributed by atoms with van der Waals surface area (Å²) in [5.74, 6) is 3.48. The first-order valence-electron chi connectivity index (χ1n) is 5.54. The molecular formula is C16H14O. The highest BCUT2D eigenvalue weighted by Gasteiger charge is 2.11. The fraction of sp³-hybridized carbons (Fsp3) is 0.125. The van der Waals surface area contributed by atoms with E-state index in [1.807, 2.05) is 61.5 Å². The summed E-state index contributed by atoms with van der Waals surface area (Å²) in [5.41, 5.74) is 2.19. The lowest BCUT2D eigenvalue weighted by atomic mass is 10.0. The molecule has 0 amide bonds. The zero-order valence-corrected chi connectivity index (χ0v) is 9.76. The highest BCUT2D eigenvalue weighted by molar-refractivity contribution is 5.34. The van der Waals surface area contributed by atoms with E-state index in [1.54, 1.807) is 0 Å². The molecule has 0 aromatic heterocycles. The third-order valence-corrected chi connectivity index (χ3v) is 2.62. The molecule has 0 aliphatic rings. The minimum absolute atomic E-state index is 0.335. The van der Waals surface area contributed by atoms with Crippen molar-refractivity contribution in [2.24, 2.45) is 0 Å². The Kier molecular flexibility index (Phi) is 3.47. The van der Waals surface area contributed by atoms with Gasteiger partial charge in [0.1, 0.15) is 5.75 Å². The molecule has 0 N–H and O–H groups in total. The van der Waals surface area contributed by atoms with Crippen molar-refractivity contribution in [2.45, 2.75) is 13.0 Å². The van der Waals surface area contributed by atoms with Crippen LogP contribution in [0.15, 0.2) is 54.6 Å². The molecule has 1 atom stereocenters. The molecular weight excluding hydrogens is 208 g/mol. The van der Waals surface area contributed by atoms with E-state index in [9.17, 15) is 0 Å². The first kappa shape index (κ1) is 11.3. The van der Waals surface area contributed by atoms with Crippen molar-refractivity contribution in [3.63, 3.8) is 0 Å². The van der Waals surface area contributed by atoms with Crippen LogP contribution in [-0.4, -0.2) is 0 Å². The maximum absolute atomic E-state index is 5.79. The van der Waals surface area contributed by atoms with Gasteiger partial charge >= 0.3 is 0 Å². The maximum atomic E-state index is 5.79. The van der Waals surface area contributed by atoms with Crippen LogP contribution in [0.3, 0.4) is 0 Å². The van der Waals surface area contributed by atoms with Crippen LogP contribution in [0, 0.1) is 19.3 Å². The Morgan fingerprint density at radius 3 is 2.29 bits per heavy atom. The molecule has 0 heterocycles. The Morgan fingerprint density at radius 2 is 1.65 bits per heavy atom. The standard InChI is InChI=1S/C16H14O/c1-3-16(15-12-8-7-9-13(15)2)17-14-10-5-4-6-11-14/h1,4-12,16H,2H3/t16-/m1/s1. The lowest BCUT2D eigenvalue weighted by Crippen LogP contribution is -2.06. The maximum Gasteiger partial charge on any atom is 0.184 e. The van der Waals surface area contributed by atoms with Gasteiger partial charge in [-0.15, -0.1) is 6.42 Å². The quantitative estimate of drug-likeness (QED) is 0.719. The van der Waals surface area contributed by atoms with Crippen LogP contribution in [0.4, 0.5) is 0 Å². The Balaban J connectivity index is 2.25. The third-order valence-electron chi connectivity index (χ3n) is 2.62. The van der Waals surface area contributed by atoms with Gasteiger partial charge in [0.05, 0.1) is 0 Å². The van der Waals surface area contributed by atoms with Crippen LogP contribution >= 0.6 is 0 Å². The molecule has 1 heteroatoms. The van der Waals surface area contributed by atoms with Crippen molar-refractivity contribution in [1.82, 2.24) is 0 Å². The molecule has 0 saturated heterocycles. The number of hydrogen-bond donors (Lipinski definition) is 0. The molecule has 2 rings (SSSR count). The van der Waals surface area contributed by atoms with Crippen LogP contribution in [0.2, 0.25) is 0 Å². The normalized spacial score (nSPS) is 11.5. The van der Waals surface area contributed by atoms with Gasteiger partial charge in [-0.3, -0.25) is 0 Å². The monoisotopic (exact) mass is 222 g/mol. The van der Waals surface area contributed by atoms with E-state index in [0.717, 1.165) is 16.9 Å². The van der Waals surface area contributed by atoms with Crippen molar-refractivity contribution in [2.75, 3.05) is 0 Å². The Hall–Kier alpha value is -2.20. The van der Waals surface area contributed by atoms with E-state index in [2.05, 4.69) is 5.92 Å². The first-order valence-corrected chi connectivity index (χ1v) is 5.54. The number of ether oxygens (including phenoxy) is 1. The molecule has 0 fully saturated rings. The minimum atomic E-state index is -0.335. The lowest BCUT2D eigenvalue weighted by molar-refractivity contribution is 0.264. The molecule has 0 bridgehead atoms. The number of hydrogen-bond acceptors (Lipinski definition) is 1. The second-order valence-electron chi connectivity index (χ2n) is 3.83.